The zero-order valence-electron chi connectivity index (χ0n) is 8.29. The van der Waals surface area contributed by atoms with Crippen LogP contribution < -0.4 is 0 Å². The molecule has 0 amide bonds. The summed E-state index contributed by atoms with van der Waals surface area (Å²) in [5.41, 5.74) is 1.53. The highest BCUT2D eigenvalue weighted by Gasteiger charge is 2.11. The zero-order chi connectivity index (χ0) is 11.3. The van der Waals surface area contributed by atoms with Crippen molar-refractivity contribution >= 4 is 45.3 Å². The molecule has 0 saturated heterocycles. The first-order valence-corrected chi connectivity index (χ1v) is 4.92. The third-order valence-corrected chi connectivity index (χ3v) is 2.61. The molecule has 3 aromatic rings. The predicted molar refractivity (Wildman–Crippen MR) is 59.3 cm³/mol. The summed E-state index contributed by atoms with van der Waals surface area (Å²) < 4.78 is 12.9. The monoisotopic (exact) mass is 239 g/mol. The fourth-order valence-corrected chi connectivity index (χ4v) is 1.82. The van der Waals surface area contributed by atoms with Crippen LogP contribution in [0.4, 0.5) is 0 Å². The molecule has 2 heterocycles. The van der Waals surface area contributed by atoms with E-state index in [0.717, 1.165) is 5.39 Å². The number of furan rings is 1. The molecule has 1 aromatic carbocycles. The minimum absolute atomic E-state index is 0.139. The molecule has 0 fully saturated rings. The van der Waals surface area contributed by atoms with Crippen LogP contribution in [-0.2, 0) is 0 Å². The Hall–Kier alpha value is -1.32. The summed E-state index contributed by atoms with van der Waals surface area (Å²) in [6, 6.07) is 5.18. The highest BCUT2D eigenvalue weighted by Crippen LogP contribution is 2.31. The minimum atomic E-state index is -0.139. The van der Waals surface area contributed by atoms with E-state index in [9.17, 15) is 0 Å². The second-order valence-electron chi connectivity index (χ2n) is 3.03. The molecule has 0 saturated carbocycles. The Balaban J connectivity index is 2.57. The van der Waals surface area contributed by atoms with Crippen molar-refractivity contribution in [3.05, 3.63) is 34.7 Å². The van der Waals surface area contributed by atoms with Gasteiger partial charge in [0.25, 0.3) is 0 Å². The van der Waals surface area contributed by atoms with Gasteiger partial charge in [0.15, 0.2) is 10.7 Å². The average molecular weight is 240 g/mol. The van der Waals surface area contributed by atoms with Crippen LogP contribution in [-0.4, -0.2) is 9.97 Å². The van der Waals surface area contributed by atoms with Gasteiger partial charge in [-0.2, -0.15) is 0 Å². The molecular formula is C10H4Cl2N2O. The summed E-state index contributed by atoms with van der Waals surface area (Å²) in [6.07, 6.45) is -0.139. The van der Waals surface area contributed by atoms with Crippen LogP contribution in [0.25, 0.3) is 22.1 Å². The lowest BCUT2D eigenvalue weighted by Crippen LogP contribution is -1.78. The fourth-order valence-electron chi connectivity index (χ4n) is 1.48. The van der Waals surface area contributed by atoms with Crippen molar-refractivity contribution in [2.24, 2.45) is 0 Å². The van der Waals surface area contributed by atoms with E-state index in [1.54, 1.807) is 18.2 Å². The molecule has 0 N–H and O–H groups in total. The lowest BCUT2D eigenvalue weighted by molar-refractivity contribution is 0.666. The number of nitrogens with zero attached hydrogens (tertiary/aromatic N) is 2. The van der Waals surface area contributed by atoms with Crippen LogP contribution >= 0.6 is 23.2 Å². The van der Waals surface area contributed by atoms with Gasteiger partial charge in [0.05, 0.1) is 0 Å². The molecule has 0 aliphatic carbocycles. The lowest BCUT2D eigenvalue weighted by Gasteiger charge is -1.89. The van der Waals surface area contributed by atoms with E-state index in [0.29, 0.717) is 21.7 Å². The van der Waals surface area contributed by atoms with Crippen molar-refractivity contribution in [1.82, 2.24) is 9.97 Å². The topological polar surface area (TPSA) is 38.9 Å². The molecule has 0 bridgehead atoms. The van der Waals surface area contributed by atoms with Crippen molar-refractivity contribution in [2.45, 2.75) is 0 Å². The number of aromatic nitrogens is 2. The van der Waals surface area contributed by atoms with E-state index in [2.05, 4.69) is 9.97 Å². The molecule has 0 spiro atoms. The minimum Gasteiger partial charge on any atom is -0.451 e. The summed E-state index contributed by atoms with van der Waals surface area (Å²) in [7, 11) is 0. The molecule has 3 nitrogen and oxygen atoms in total. The summed E-state index contributed by atoms with van der Waals surface area (Å²) in [5, 5.41) is 1.46. The first kappa shape index (κ1) is 7.91. The first-order chi connectivity index (χ1) is 7.65. The Kier molecular flexibility index (Phi) is 1.63. The molecule has 0 aliphatic heterocycles. The molecule has 0 unspecified atom stereocenters. The highest BCUT2D eigenvalue weighted by atomic mass is 35.5. The number of benzene rings is 1. The van der Waals surface area contributed by atoms with Gasteiger partial charge in [0, 0.05) is 10.4 Å². The van der Waals surface area contributed by atoms with E-state index >= 15 is 0 Å². The molecule has 74 valence electrons. The Morgan fingerprint density at radius 3 is 3.00 bits per heavy atom. The summed E-state index contributed by atoms with van der Waals surface area (Å²) >= 11 is 11.8. The maximum atomic E-state index is 7.40. The van der Waals surface area contributed by atoms with Gasteiger partial charge < -0.3 is 4.42 Å². The number of halogens is 2. The Labute approximate surface area is 96.0 Å². The maximum absolute atomic E-state index is 7.40. The van der Waals surface area contributed by atoms with Crippen LogP contribution in [0.15, 0.2) is 28.9 Å². The molecule has 5 heteroatoms. The summed E-state index contributed by atoms with van der Waals surface area (Å²) in [6.45, 7) is 0. The van der Waals surface area contributed by atoms with Crippen molar-refractivity contribution in [1.29, 1.82) is 0 Å². The van der Waals surface area contributed by atoms with Gasteiger partial charge in [-0.3, -0.25) is 0 Å². The van der Waals surface area contributed by atoms with Crippen LogP contribution in [0.5, 0.6) is 0 Å². The highest BCUT2D eigenvalue weighted by molar-refractivity contribution is 6.34. The summed E-state index contributed by atoms with van der Waals surface area (Å²) in [5.74, 6) is 0. The van der Waals surface area contributed by atoms with Crippen LogP contribution in [0.1, 0.15) is 1.37 Å². The zero-order valence-corrected chi connectivity index (χ0v) is 8.80. The van der Waals surface area contributed by atoms with Crippen molar-refractivity contribution in [3.8, 4) is 0 Å². The van der Waals surface area contributed by atoms with Gasteiger partial charge in [-0.1, -0.05) is 23.2 Å². The predicted octanol–water partition coefficient (Wildman–Crippen LogP) is 3.68. The molecular weight excluding hydrogens is 235 g/mol. The standard InChI is InChI=1S/C10H4Cl2N2O/c11-5-1-2-7-6(3-5)8-9(15-7)10(12)14-4-13-8/h1-4H/i4D. The van der Waals surface area contributed by atoms with Crippen LogP contribution in [0.2, 0.25) is 10.2 Å². The van der Waals surface area contributed by atoms with Crippen LogP contribution in [0, 0.1) is 0 Å². The van der Waals surface area contributed by atoms with Gasteiger partial charge >= 0.3 is 0 Å². The SMILES string of the molecule is [2H]c1nc(Cl)c2oc3ccc(Cl)cc3c2n1. The Morgan fingerprint density at radius 1 is 1.27 bits per heavy atom. The van der Waals surface area contributed by atoms with E-state index in [1.807, 2.05) is 0 Å². The third kappa shape index (κ3) is 1.28. The number of rotatable bonds is 0. The summed E-state index contributed by atoms with van der Waals surface area (Å²) in [4.78, 5) is 7.70. The van der Waals surface area contributed by atoms with Gasteiger partial charge in [-0.25, -0.2) is 9.97 Å². The smallest absolute Gasteiger partial charge is 0.191 e. The molecule has 15 heavy (non-hydrogen) atoms. The third-order valence-electron chi connectivity index (χ3n) is 2.12. The number of hydrogen-bond donors (Lipinski definition) is 0. The lowest BCUT2D eigenvalue weighted by atomic mass is 10.2. The van der Waals surface area contributed by atoms with Crippen molar-refractivity contribution in [2.75, 3.05) is 0 Å². The normalized spacial score (nSPS) is 12.3. The van der Waals surface area contributed by atoms with Crippen molar-refractivity contribution < 1.29 is 5.79 Å². The number of fused-ring (bicyclic) bond motifs is 3. The van der Waals surface area contributed by atoms with E-state index < -0.39 is 0 Å². The first-order valence-electron chi connectivity index (χ1n) is 4.67. The molecule has 0 atom stereocenters. The van der Waals surface area contributed by atoms with E-state index in [4.69, 9.17) is 29.0 Å². The van der Waals surface area contributed by atoms with E-state index in [1.165, 1.54) is 0 Å². The van der Waals surface area contributed by atoms with Gasteiger partial charge in [0.1, 0.15) is 18.8 Å². The number of hydrogen-bond acceptors (Lipinski definition) is 3. The average Bonchev–Trinajstić information content (AvgIpc) is 2.57. The Morgan fingerprint density at radius 2 is 2.13 bits per heavy atom. The van der Waals surface area contributed by atoms with E-state index in [-0.39, 0.29) is 11.5 Å². The molecule has 0 radical (unpaired) electrons. The van der Waals surface area contributed by atoms with Crippen LogP contribution in [0.3, 0.4) is 0 Å². The molecule has 3 rings (SSSR count). The second-order valence-corrected chi connectivity index (χ2v) is 3.83. The van der Waals surface area contributed by atoms with Crippen molar-refractivity contribution in [3.63, 3.8) is 0 Å². The Bertz CT molecular complexity index is 711. The molecule has 2 aromatic heterocycles. The largest absolute Gasteiger partial charge is 0.451 e. The fraction of sp³-hybridized carbons (Fsp3) is 0. The van der Waals surface area contributed by atoms with Gasteiger partial charge in [-0.05, 0) is 18.2 Å². The quantitative estimate of drug-likeness (QED) is 0.562. The molecule has 0 aliphatic rings. The van der Waals surface area contributed by atoms with Gasteiger partial charge in [0.2, 0.25) is 0 Å². The second kappa shape index (κ2) is 3.08. The van der Waals surface area contributed by atoms with Gasteiger partial charge in [-0.15, -0.1) is 0 Å². The maximum Gasteiger partial charge on any atom is 0.191 e.